The average Bonchev–Trinajstić information content (AvgIpc) is 3.15. The van der Waals surface area contributed by atoms with Crippen molar-refractivity contribution >= 4 is 0 Å². The van der Waals surface area contributed by atoms with Gasteiger partial charge < -0.3 is 14.2 Å². The minimum absolute atomic E-state index is 0.107. The first-order valence-electron chi connectivity index (χ1n) is 12.0. The van der Waals surface area contributed by atoms with Gasteiger partial charge in [-0.2, -0.15) is 0 Å². The Kier molecular flexibility index (Phi) is 5.68. The molecule has 1 unspecified atom stereocenters. The van der Waals surface area contributed by atoms with Crippen LogP contribution >= 0.6 is 0 Å². The first kappa shape index (κ1) is 21.4. The molecule has 1 saturated heterocycles. The lowest BCUT2D eigenvalue weighted by atomic mass is 9.86. The summed E-state index contributed by atoms with van der Waals surface area (Å²) in [5.41, 5.74) is 6.37. The molecule has 0 saturated carbocycles. The van der Waals surface area contributed by atoms with Crippen LogP contribution in [-0.4, -0.2) is 40.7 Å². The molecule has 0 N–H and O–H groups in total. The summed E-state index contributed by atoms with van der Waals surface area (Å²) >= 11 is 0. The Balaban J connectivity index is 1.49. The van der Waals surface area contributed by atoms with Gasteiger partial charge in [-0.05, 0) is 48.4 Å². The Hall–Kier alpha value is -2.43. The van der Waals surface area contributed by atoms with Gasteiger partial charge in [-0.25, -0.2) is 4.98 Å². The number of aromatic nitrogens is 2. The zero-order valence-corrected chi connectivity index (χ0v) is 19.8. The molecule has 1 fully saturated rings. The zero-order chi connectivity index (χ0) is 22.3. The Morgan fingerprint density at radius 3 is 2.38 bits per heavy atom. The van der Waals surface area contributed by atoms with Gasteiger partial charge in [0.1, 0.15) is 11.9 Å². The lowest BCUT2D eigenvalue weighted by molar-refractivity contribution is -0.0275. The van der Waals surface area contributed by atoms with Crippen LogP contribution in [0.2, 0.25) is 0 Å². The first-order chi connectivity index (χ1) is 15.4. The Morgan fingerprint density at radius 2 is 1.66 bits per heavy atom. The van der Waals surface area contributed by atoms with Crippen molar-refractivity contribution in [2.45, 2.75) is 64.2 Å². The average molecular weight is 430 g/mol. The van der Waals surface area contributed by atoms with Gasteiger partial charge in [-0.1, -0.05) is 69.3 Å². The third-order valence-electron chi connectivity index (χ3n) is 7.04. The number of fused-ring (bicyclic) bond motifs is 2. The number of ether oxygens (including phenoxy) is 1. The van der Waals surface area contributed by atoms with E-state index in [1.54, 1.807) is 0 Å². The largest absolute Gasteiger partial charge is 0.362 e. The third kappa shape index (κ3) is 4.26. The molecule has 168 valence electrons. The van der Waals surface area contributed by atoms with E-state index < -0.39 is 0 Å². The molecule has 0 radical (unpaired) electrons. The number of piperidine rings is 1. The van der Waals surface area contributed by atoms with Crippen LogP contribution < -0.4 is 0 Å². The van der Waals surface area contributed by atoms with E-state index in [1.807, 2.05) is 0 Å². The molecule has 4 nitrogen and oxygen atoms in total. The number of benzene rings is 2. The van der Waals surface area contributed by atoms with Gasteiger partial charge in [0.05, 0.1) is 11.8 Å². The number of imidazole rings is 1. The monoisotopic (exact) mass is 429 g/mol. The van der Waals surface area contributed by atoms with Crippen molar-refractivity contribution in [3.63, 3.8) is 0 Å². The summed E-state index contributed by atoms with van der Waals surface area (Å²) < 4.78 is 9.14. The summed E-state index contributed by atoms with van der Waals surface area (Å²) in [4.78, 5) is 7.55. The zero-order valence-electron chi connectivity index (χ0n) is 19.8. The summed E-state index contributed by atoms with van der Waals surface area (Å²) in [5, 5.41) is 0. The van der Waals surface area contributed by atoms with Crippen molar-refractivity contribution in [3.8, 4) is 11.3 Å². The maximum absolute atomic E-state index is 6.82. The third-order valence-corrected chi connectivity index (χ3v) is 7.04. The molecule has 2 aliphatic heterocycles. The summed E-state index contributed by atoms with van der Waals surface area (Å²) in [7, 11) is 2.20. The highest BCUT2D eigenvalue weighted by molar-refractivity contribution is 5.60. The predicted molar refractivity (Wildman–Crippen MR) is 130 cm³/mol. The molecule has 1 atom stereocenters. The van der Waals surface area contributed by atoms with Crippen molar-refractivity contribution in [1.82, 2.24) is 14.5 Å². The number of nitrogens with zero attached hydrogens (tertiary/aromatic N) is 3. The fraction of sp³-hybridized carbons (Fsp3) is 0.464. The van der Waals surface area contributed by atoms with Crippen LogP contribution in [-0.2, 0) is 23.1 Å². The predicted octanol–water partition coefficient (Wildman–Crippen LogP) is 5.60. The minimum atomic E-state index is -0.107. The lowest BCUT2D eigenvalue weighted by Gasteiger charge is -2.32. The molecule has 0 aliphatic carbocycles. The fourth-order valence-electron chi connectivity index (χ4n) is 4.94. The van der Waals surface area contributed by atoms with E-state index in [0.717, 1.165) is 50.4 Å². The molecule has 0 amide bonds. The van der Waals surface area contributed by atoms with Gasteiger partial charge in [0.15, 0.2) is 0 Å². The highest BCUT2D eigenvalue weighted by atomic mass is 16.5. The van der Waals surface area contributed by atoms with Crippen LogP contribution in [0.1, 0.15) is 62.2 Å². The van der Waals surface area contributed by atoms with E-state index in [4.69, 9.17) is 9.72 Å². The molecule has 0 spiro atoms. The topological polar surface area (TPSA) is 30.3 Å². The molecule has 2 aromatic carbocycles. The van der Waals surface area contributed by atoms with Crippen LogP contribution in [0.4, 0.5) is 0 Å². The number of likely N-dealkylation sites (tertiary alicyclic amines) is 1. The first-order valence-corrected chi connectivity index (χ1v) is 12.0. The quantitative estimate of drug-likeness (QED) is 0.543. The molecule has 3 aromatic rings. The van der Waals surface area contributed by atoms with Crippen molar-refractivity contribution < 1.29 is 4.74 Å². The summed E-state index contributed by atoms with van der Waals surface area (Å²) in [6.45, 7) is 9.89. The van der Waals surface area contributed by atoms with Crippen molar-refractivity contribution in [3.05, 3.63) is 77.2 Å². The second-order valence-corrected chi connectivity index (χ2v) is 10.5. The second kappa shape index (κ2) is 8.49. The molecule has 2 aliphatic rings. The number of aryl methyl sites for hydroxylation is 2. The van der Waals surface area contributed by atoms with E-state index in [1.165, 1.54) is 22.3 Å². The molecule has 1 aromatic heterocycles. The molecular formula is C28H35N3O. The Bertz CT molecular complexity index is 1070. The smallest absolute Gasteiger partial charge is 0.143 e. The van der Waals surface area contributed by atoms with Crippen LogP contribution in [0, 0.1) is 0 Å². The lowest BCUT2D eigenvalue weighted by Crippen LogP contribution is -2.35. The van der Waals surface area contributed by atoms with Crippen LogP contribution in [0.5, 0.6) is 0 Å². The van der Waals surface area contributed by atoms with Crippen LogP contribution in [0.25, 0.3) is 11.3 Å². The molecule has 32 heavy (non-hydrogen) atoms. The molecule has 0 bridgehead atoms. The van der Waals surface area contributed by atoms with E-state index in [0.29, 0.717) is 0 Å². The van der Waals surface area contributed by atoms with Gasteiger partial charge >= 0.3 is 0 Å². The fourth-order valence-corrected chi connectivity index (χ4v) is 4.94. The maximum atomic E-state index is 6.82. The van der Waals surface area contributed by atoms with Crippen molar-refractivity contribution in [2.24, 2.45) is 0 Å². The molecule has 3 heterocycles. The molecule has 5 rings (SSSR count). The molecule has 4 heteroatoms. The van der Waals surface area contributed by atoms with E-state index in [9.17, 15) is 0 Å². The number of rotatable bonds is 3. The second-order valence-electron chi connectivity index (χ2n) is 10.5. The summed E-state index contributed by atoms with van der Waals surface area (Å²) in [6.07, 6.45) is 5.56. The van der Waals surface area contributed by atoms with Crippen LogP contribution in [0.15, 0.2) is 54.7 Å². The summed E-state index contributed by atoms with van der Waals surface area (Å²) in [6, 6.07) is 17.7. The van der Waals surface area contributed by atoms with Gasteiger partial charge in [-0.15, -0.1) is 0 Å². The minimum Gasteiger partial charge on any atom is -0.362 e. The maximum Gasteiger partial charge on any atom is 0.143 e. The van der Waals surface area contributed by atoms with Crippen molar-refractivity contribution in [2.75, 3.05) is 20.1 Å². The standard InChI is InChI=1S/C28H35N3O/c1-28(2,3)22-11-9-21(10-12-22)25-19-31-18-13-20-7-5-6-8-24(20)26(27(31)29-25)32-23-14-16-30(4)17-15-23/h5-12,19,23,26H,13-18H2,1-4H3. The Morgan fingerprint density at radius 1 is 0.938 bits per heavy atom. The van der Waals surface area contributed by atoms with Gasteiger partial charge in [-0.3, -0.25) is 0 Å². The van der Waals surface area contributed by atoms with E-state index >= 15 is 0 Å². The summed E-state index contributed by atoms with van der Waals surface area (Å²) in [5.74, 6) is 1.05. The van der Waals surface area contributed by atoms with Gasteiger partial charge in [0, 0.05) is 31.4 Å². The highest BCUT2D eigenvalue weighted by Gasteiger charge is 2.30. The van der Waals surface area contributed by atoms with Gasteiger partial charge in [0.2, 0.25) is 0 Å². The van der Waals surface area contributed by atoms with E-state index in [2.05, 4.69) is 92.0 Å². The number of hydrogen-bond acceptors (Lipinski definition) is 3. The van der Waals surface area contributed by atoms with Crippen molar-refractivity contribution in [1.29, 1.82) is 0 Å². The van der Waals surface area contributed by atoms with Crippen LogP contribution in [0.3, 0.4) is 0 Å². The highest BCUT2D eigenvalue weighted by Crippen LogP contribution is 2.36. The molecular weight excluding hydrogens is 394 g/mol. The number of hydrogen-bond donors (Lipinski definition) is 0. The normalized spacial score (nSPS) is 19.9. The Labute approximate surface area is 192 Å². The SMILES string of the molecule is CN1CCC(OC2c3ccccc3CCn3cc(-c4ccc(C(C)(C)C)cc4)nc32)CC1. The van der Waals surface area contributed by atoms with Gasteiger partial charge in [0.25, 0.3) is 0 Å². The van der Waals surface area contributed by atoms with E-state index in [-0.39, 0.29) is 17.6 Å².